The van der Waals surface area contributed by atoms with Crippen molar-refractivity contribution in [2.24, 2.45) is 0 Å². The summed E-state index contributed by atoms with van der Waals surface area (Å²) in [4.78, 5) is 6.53. The first-order valence-corrected chi connectivity index (χ1v) is 6.30. The number of methoxy groups -OCH3 is 1. The second-order valence-corrected chi connectivity index (χ2v) is 4.55. The Morgan fingerprint density at radius 3 is 2.84 bits per heavy atom. The summed E-state index contributed by atoms with van der Waals surface area (Å²) in [5.74, 6) is 1.78. The zero-order valence-corrected chi connectivity index (χ0v) is 10.8. The summed E-state index contributed by atoms with van der Waals surface area (Å²) in [6.45, 7) is 1.96. The van der Waals surface area contributed by atoms with Gasteiger partial charge in [0.25, 0.3) is 11.8 Å². The Morgan fingerprint density at radius 2 is 2.11 bits per heavy atom. The van der Waals surface area contributed by atoms with E-state index in [4.69, 9.17) is 15.0 Å². The molecule has 1 aromatic heterocycles. The highest BCUT2D eigenvalue weighted by Crippen LogP contribution is 2.30. The summed E-state index contributed by atoms with van der Waals surface area (Å²) in [6, 6.07) is 5.38. The highest BCUT2D eigenvalue weighted by Gasteiger charge is 2.19. The maximum atomic E-state index is 5.94. The fourth-order valence-electron chi connectivity index (χ4n) is 2.22. The predicted octanol–water partition coefficient (Wildman–Crippen LogP) is 1.93. The molecular formula is C13H16N4O2. The third-order valence-corrected chi connectivity index (χ3v) is 3.30. The van der Waals surface area contributed by atoms with Gasteiger partial charge in [-0.05, 0) is 36.2 Å². The normalized spacial score (nSPS) is 14.9. The SMILES string of the molecule is COc1ccc(N)c(-c2nc(N3CCCC3)no2)c1. The highest BCUT2D eigenvalue weighted by atomic mass is 16.5. The standard InChI is InChI=1S/C13H16N4O2/c1-18-9-4-5-11(14)10(8-9)12-15-13(16-19-12)17-6-2-3-7-17/h4-5,8H,2-3,6-7,14H2,1H3. The zero-order valence-electron chi connectivity index (χ0n) is 10.8. The maximum Gasteiger partial charge on any atom is 0.266 e. The summed E-state index contributed by atoms with van der Waals surface area (Å²) in [5.41, 5.74) is 7.24. The average molecular weight is 260 g/mol. The lowest BCUT2D eigenvalue weighted by Crippen LogP contribution is -2.18. The van der Waals surface area contributed by atoms with Crippen LogP contribution in [0.1, 0.15) is 12.8 Å². The molecule has 3 rings (SSSR count). The number of nitrogen functional groups attached to an aromatic ring is 1. The predicted molar refractivity (Wildman–Crippen MR) is 72.1 cm³/mol. The van der Waals surface area contributed by atoms with Gasteiger partial charge in [0.05, 0.1) is 12.7 Å². The minimum atomic E-state index is 0.429. The second-order valence-electron chi connectivity index (χ2n) is 4.55. The van der Waals surface area contributed by atoms with Crippen LogP contribution in [0.25, 0.3) is 11.5 Å². The number of nitrogens with zero attached hydrogens (tertiary/aromatic N) is 3. The van der Waals surface area contributed by atoms with Crippen molar-refractivity contribution >= 4 is 11.6 Å². The van der Waals surface area contributed by atoms with Gasteiger partial charge in [0, 0.05) is 18.8 Å². The zero-order chi connectivity index (χ0) is 13.2. The van der Waals surface area contributed by atoms with Gasteiger partial charge in [-0.2, -0.15) is 4.98 Å². The number of rotatable bonds is 3. The third kappa shape index (κ3) is 2.21. The fraction of sp³-hybridized carbons (Fsp3) is 0.385. The van der Waals surface area contributed by atoms with Gasteiger partial charge < -0.3 is 19.9 Å². The molecule has 1 aromatic carbocycles. The van der Waals surface area contributed by atoms with E-state index in [9.17, 15) is 0 Å². The summed E-state index contributed by atoms with van der Waals surface area (Å²) >= 11 is 0. The molecule has 0 aliphatic carbocycles. The van der Waals surface area contributed by atoms with Crippen LogP contribution in [0, 0.1) is 0 Å². The number of hydrogen-bond acceptors (Lipinski definition) is 6. The number of aromatic nitrogens is 2. The minimum absolute atomic E-state index is 0.429. The summed E-state index contributed by atoms with van der Waals surface area (Å²) in [5, 5.41) is 4.01. The minimum Gasteiger partial charge on any atom is -0.497 e. The molecule has 0 bridgehead atoms. The molecule has 0 atom stereocenters. The van der Waals surface area contributed by atoms with Crippen molar-refractivity contribution in [3.8, 4) is 17.2 Å². The lowest BCUT2D eigenvalue weighted by Gasteiger charge is -2.09. The Hall–Kier alpha value is -2.24. The Kier molecular flexibility index (Phi) is 2.98. The van der Waals surface area contributed by atoms with Gasteiger partial charge in [0.15, 0.2) is 0 Å². The Labute approximate surface area is 111 Å². The fourth-order valence-corrected chi connectivity index (χ4v) is 2.22. The summed E-state index contributed by atoms with van der Waals surface area (Å²) in [7, 11) is 1.61. The molecule has 2 N–H and O–H groups in total. The quantitative estimate of drug-likeness (QED) is 0.850. The van der Waals surface area contributed by atoms with E-state index < -0.39 is 0 Å². The molecular weight excluding hydrogens is 244 g/mol. The van der Waals surface area contributed by atoms with Crippen molar-refractivity contribution in [3.05, 3.63) is 18.2 Å². The first-order chi connectivity index (χ1) is 9.28. The average Bonchev–Trinajstić information content (AvgIpc) is 3.10. The van der Waals surface area contributed by atoms with Crippen molar-refractivity contribution in [2.75, 3.05) is 30.8 Å². The molecule has 0 unspecified atom stereocenters. The topological polar surface area (TPSA) is 77.4 Å². The lowest BCUT2D eigenvalue weighted by molar-refractivity contribution is 0.413. The van der Waals surface area contributed by atoms with Gasteiger partial charge in [-0.3, -0.25) is 0 Å². The number of hydrogen-bond donors (Lipinski definition) is 1. The number of ether oxygens (including phenoxy) is 1. The first kappa shape index (κ1) is 11.8. The number of benzene rings is 1. The van der Waals surface area contributed by atoms with Crippen LogP contribution >= 0.6 is 0 Å². The number of nitrogens with two attached hydrogens (primary N) is 1. The van der Waals surface area contributed by atoms with Crippen LogP contribution in [0.15, 0.2) is 22.7 Å². The van der Waals surface area contributed by atoms with E-state index in [-0.39, 0.29) is 0 Å². The smallest absolute Gasteiger partial charge is 0.266 e. The number of anilines is 2. The molecule has 6 heteroatoms. The van der Waals surface area contributed by atoms with Crippen LogP contribution in [0.4, 0.5) is 11.6 Å². The van der Waals surface area contributed by atoms with Crippen LogP contribution < -0.4 is 15.4 Å². The molecule has 0 radical (unpaired) electrons. The van der Waals surface area contributed by atoms with Gasteiger partial charge >= 0.3 is 0 Å². The van der Waals surface area contributed by atoms with Crippen molar-refractivity contribution in [2.45, 2.75) is 12.8 Å². The molecule has 100 valence electrons. The summed E-state index contributed by atoms with van der Waals surface area (Å²) in [6.07, 6.45) is 2.34. The van der Waals surface area contributed by atoms with E-state index in [0.29, 0.717) is 28.8 Å². The molecule has 19 heavy (non-hydrogen) atoms. The van der Waals surface area contributed by atoms with Gasteiger partial charge in [0.2, 0.25) is 0 Å². The van der Waals surface area contributed by atoms with Crippen molar-refractivity contribution < 1.29 is 9.26 Å². The van der Waals surface area contributed by atoms with Gasteiger partial charge in [-0.15, -0.1) is 0 Å². The summed E-state index contributed by atoms with van der Waals surface area (Å²) < 4.78 is 10.5. The molecule has 1 aliphatic heterocycles. The molecule has 0 spiro atoms. The van der Waals surface area contributed by atoms with E-state index in [2.05, 4.69) is 15.0 Å². The maximum absolute atomic E-state index is 5.94. The molecule has 2 heterocycles. The van der Waals surface area contributed by atoms with E-state index in [1.54, 1.807) is 25.3 Å². The van der Waals surface area contributed by atoms with Gasteiger partial charge in [-0.1, -0.05) is 0 Å². The molecule has 0 amide bonds. The van der Waals surface area contributed by atoms with E-state index in [0.717, 1.165) is 13.1 Å². The van der Waals surface area contributed by atoms with E-state index in [1.165, 1.54) is 12.8 Å². The van der Waals surface area contributed by atoms with Gasteiger partial charge in [0.1, 0.15) is 5.75 Å². The van der Waals surface area contributed by atoms with Gasteiger partial charge in [-0.25, -0.2) is 0 Å². The van der Waals surface area contributed by atoms with Crippen LogP contribution in [-0.4, -0.2) is 30.3 Å². The molecule has 1 aliphatic rings. The Bertz CT molecular complexity index is 576. The molecule has 1 fully saturated rings. The van der Waals surface area contributed by atoms with E-state index in [1.807, 2.05) is 0 Å². The van der Waals surface area contributed by atoms with Crippen LogP contribution in [0.5, 0.6) is 5.75 Å². The third-order valence-electron chi connectivity index (χ3n) is 3.30. The van der Waals surface area contributed by atoms with Crippen LogP contribution in [-0.2, 0) is 0 Å². The van der Waals surface area contributed by atoms with Crippen molar-refractivity contribution in [3.63, 3.8) is 0 Å². The largest absolute Gasteiger partial charge is 0.497 e. The first-order valence-electron chi connectivity index (χ1n) is 6.30. The van der Waals surface area contributed by atoms with Crippen LogP contribution in [0.3, 0.4) is 0 Å². The molecule has 0 saturated carbocycles. The van der Waals surface area contributed by atoms with Crippen LogP contribution in [0.2, 0.25) is 0 Å². The molecule has 6 nitrogen and oxygen atoms in total. The van der Waals surface area contributed by atoms with Crippen molar-refractivity contribution in [1.82, 2.24) is 10.1 Å². The van der Waals surface area contributed by atoms with Crippen molar-refractivity contribution in [1.29, 1.82) is 0 Å². The second kappa shape index (κ2) is 4.79. The molecule has 1 saturated heterocycles. The molecule has 2 aromatic rings. The highest BCUT2D eigenvalue weighted by molar-refractivity contribution is 5.72. The Balaban J connectivity index is 1.93. The lowest BCUT2D eigenvalue weighted by atomic mass is 10.1. The Morgan fingerprint density at radius 1 is 1.32 bits per heavy atom. The monoisotopic (exact) mass is 260 g/mol. The van der Waals surface area contributed by atoms with E-state index >= 15 is 0 Å².